The van der Waals surface area contributed by atoms with Crippen molar-refractivity contribution in [3.63, 3.8) is 0 Å². The van der Waals surface area contributed by atoms with Crippen molar-refractivity contribution in [1.82, 2.24) is 5.32 Å². The zero-order valence-electron chi connectivity index (χ0n) is 10.4. The monoisotopic (exact) mass is 215 g/mol. The molecule has 0 heterocycles. The Hall–Kier alpha value is -1.06. The molecule has 15 heavy (non-hydrogen) atoms. The second-order valence-corrected chi connectivity index (χ2v) is 5.27. The van der Waals surface area contributed by atoms with Gasteiger partial charge in [0.25, 0.3) is 0 Å². The molecule has 0 spiro atoms. The van der Waals surface area contributed by atoms with E-state index in [0.717, 1.165) is 6.29 Å². The number of rotatable bonds is 3. The van der Waals surface area contributed by atoms with Crippen LogP contribution in [0.5, 0.6) is 0 Å². The maximum Gasteiger partial charge on any atom is 0.408 e. The third-order valence-electron chi connectivity index (χ3n) is 2.17. The van der Waals surface area contributed by atoms with E-state index in [4.69, 9.17) is 4.74 Å². The van der Waals surface area contributed by atoms with E-state index < -0.39 is 17.2 Å². The van der Waals surface area contributed by atoms with E-state index in [0.29, 0.717) is 0 Å². The highest BCUT2D eigenvalue weighted by molar-refractivity contribution is 5.70. The molecule has 0 aliphatic carbocycles. The SMILES string of the molecule is CC(C=O)C(C)(C)NC(=O)OC(C)(C)C. The summed E-state index contributed by atoms with van der Waals surface area (Å²) in [5, 5.41) is 2.67. The van der Waals surface area contributed by atoms with E-state index in [2.05, 4.69) is 5.32 Å². The summed E-state index contributed by atoms with van der Waals surface area (Å²) in [5.74, 6) is -0.259. The topological polar surface area (TPSA) is 55.4 Å². The first-order chi connectivity index (χ1) is 6.58. The van der Waals surface area contributed by atoms with Gasteiger partial charge in [-0.2, -0.15) is 0 Å². The van der Waals surface area contributed by atoms with Crippen molar-refractivity contribution < 1.29 is 14.3 Å². The van der Waals surface area contributed by atoms with Crippen molar-refractivity contribution in [2.75, 3.05) is 0 Å². The van der Waals surface area contributed by atoms with Gasteiger partial charge in [-0.15, -0.1) is 0 Å². The van der Waals surface area contributed by atoms with Gasteiger partial charge in [0.15, 0.2) is 0 Å². The Kier molecular flexibility index (Phi) is 4.31. The molecule has 0 fully saturated rings. The molecule has 0 aromatic heterocycles. The lowest BCUT2D eigenvalue weighted by Crippen LogP contribution is -2.50. The first-order valence-corrected chi connectivity index (χ1v) is 5.05. The molecule has 1 amide bonds. The molecule has 1 atom stereocenters. The van der Waals surface area contributed by atoms with E-state index in [-0.39, 0.29) is 5.92 Å². The zero-order valence-corrected chi connectivity index (χ0v) is 10.4. The molecule has 0 saturated carbocycles. The van der Waals surface area contributed by atoms with Gasteiger partial charge in [-0.1, -0.05) is 6.92 Å². The van der Waals surface area contributed by atoms with Crippen molar-refractivity contribution in [2.24, 2.45) is 5.92 Å². The lowest BCUT2D eigenvalue weighted by atomic mass is 9.90. The Labute approximate surface area is 91.4 Å². The maximum atomic E-state index is 11.4. The molecule has 4 nitrogen and oxygen atoms in total. The number of ether oxygens (including phenoxy) is 1. The molecular formula is C11H21NO3. The van der Waals surface area contributed by atoms with Crippen molar-refractivity contribution in [2.45, 2.75) is 52.7 Å². The fraction of sp³-hybridized carbons (Fsp3) is 0.818. The molecule has 0 aromatic carbocycles. The molecule has 0 aromatic rings. The Bertz CT molecular complexity index is 241. The van der Waals surface area contributed by atoms with E-state index in [1.165, 1.54) is 0 Å². The largest absolute Gasteiger partial charge is 0.444 e. The molecule has 4 heteroatoms. The first kappa shape index (κ1) is 13.9. The lowest BCUT2D eigenvalue weighted by molar-refractivity contribution is -0.112. The van der Waals surface area contributed by atoms with Gasteiger partial charge in [0.2, 0.25) is 0 Å². The van der Waals surface area contributed by atoms with Crippen LogP contribution >= 0.6 is 0 Å². The Morgan fingerprint density at radius 2 is 1.73 bits per heavy atom. The van der Waals surface area contributed by atoms with Crippen LogP contribution in [0.4, 0.5) is 4.79 Å². The molecule has 0 aliphatic heterocycles. The molecular weight excluding hydrogens is 194 g/mol. The van der Waals surface area contributed by atoms with Crippen molar-refractivity contribution in [3.05, 3.63) is 0 Å². The van der Waals surface area contributed by atoms with Gasteiger partial charge in [0, 0.05) is 11.5 Å². The van der Waals surface area contributed by atoms with Gasteiger partial charge in [-0.3, -0.25) is 0 Å². The van der Waals surface area contributed by atoms with Crippen molar-refractivity contribution in [1.29, 1.82) is 0 Å². The average molecular weight is 215 g/mol. The van der Waals surface area contributed by atoms with Crippen LogP contribution < -0.4 is 5.32 Å². The highest BCUT2D eigenvalue weighted by Crippen LogP contribution is 2.15. The summed E-state index contributed by atoms with van der Waals surface area (Å²) in [6.07, 6.45) is 0.318. The Balaban J connectivity index is 4.34. The molecule has 0 radical (unpaired) electrons. The van der Waals surface area contributed by atoms with Gasteiger partial charge in [0.05, 0.1) is 0 Å². The van der Waals surface area contributed by atoms with Gasteiger partial charge in [-0.25, -0.2) is 4.79 Å². The van der Waals surface area contributed by atoms with Crippen molar-refractivity contribution in [3.8, 4) is 0 Å². The summed E-state index contributed by atoms with van der Waals surface area (Å²) < 4.78 is 5.10. The van der Waals surface area contributed by atoms with Gasteiger partial charge in [-0.05, 0) is 34.6 Å². The fourth-order valence-electron chi connectivity index (χ4n) is 0.851. The zero-order chi connectivity index (χ0) is 12.3. The van der Waals surface area contributed by atoms with Crippen LogP contribution in [-0.4, -0.2) is 23.5 Å². The summed E-state index contributed by atoms with van der Waals surface area (Å²) in [5.41, 5.74) is -1.12. The predicted molar refractivity (Wildman–Crippen MR) is 58.7 cm³/mol. The van der Waals surface area contributed by atoms with Crippen LogP contribution in [0.2, 0.25) is 0 Å². The van der Waals surface area contributed by atoms with Gasteiger partial charge < -0.3 is 14.8 Å². The van der Waals surface area contributed by atoms with E-state index in [1.54, 1.807) is 41.5 Å². The average Bonchev–Trinajstić information content (AvgIpc) is 1.97. The second kappa shape index (κ2) is 4.64. The second-order valence-electron chi connectivity index (χ2n) is 5.27. The minimum atomic E-state index is -0.593. The minimum absolute atomic E-state index is 0.259. The standard InChI is InChI=1S/C11H21NO3/c1-8(7-13)11(5,6)12-9(14)15-10(2,3)4/h7-8H,1-6H3,(H,12,14). The summed E-state index contributed by atoms with van der Waals surface area (Å²) in [6.45, 7) is 10.7. The fourth-order valence-corrected chi connectivity index (χ4v) is 0.851. The number of alkyl carbamates (subject to hydrolysis) is 1. The van der Waals surface area contributed by atoms with Crippen LogP contribution in [-0.2, 0) is 9.53 Å². The van der Waals surface area contributed by atoms with Crippen LogP contribution in [0.1, 0.15) is 41.5 Å². The number of amides is 1. The van der Waals surface area contributed by atoms with Crippen molar-refractivity contribution >= 4 is 12.4 Å². The number of nitrogens with one attached hydrogen (secondary N) is 1. The van der Waals surface area contributed by atoms with E-state index >= 15 is 0 Å². The minimum Gasteiger partial charge on any atom is -0.444 e. The number of hydrogen-bond acceptors (Lipinski definition) is 3. The number of carbonyl (C=O) groups is 2. The van der Waals surface area contributed by atoms with Crippen LogP contribution in [0.25, 0.3) is 0 Å². The highest BCUT2D eigenvalue weighted by Gasteiger charge is 2.29. The van der Waals surface area contributed by atoms with Gasteiger partial charge in [0.1, 0.15) is 11.9 Å². The predicted octanol–water partition coefficient (Wildman–Crippen LogP) is 2.12. The lowest BCUT2D eigenvalue weighted by Gasteiger charge is -2.31. The summed E-state index contributed by atoms with van der Waals surface area (Å²) in [4.78, 5) is 22.1. The molecule has 0 saturated heterocycles. The smallest absolute Gasteiger partial charge is 0.408 e. The van der Waals surface area contributed by atoms with Gasteiger partial charge >= 0.3 is 6.09 Å². The van der Waals surface area contributed by atoms with Crippen LogP contribution in [0, 0.1) is 5.92 Å². The summed E-state index contributed by atoms with van der Waals surface area (Å²) >= 11 is 0. The summed E-state index contributed by atoms with van der Waals surface area (Å²) in [6, 6.07) is 0. The Morgan fingerprint density at radius 1 is 1.27 bits per heavy atom. The molecule has 0 aliphatic rings. The maximum absolute atomic E-state index is 11.4. The Morgan fingerprint density at radius 3 is 2.07 bits per heavy atom. The van der Waals surface area contributed by atoms with E-state index in [9.17, 15) is 9.59 Å². The van der Waals surface area contributed by atoms with Crippen LogP contribution in [0.15, 0.2) is 0 Å². The molecule has 0 bridgehead atoms. The number of hydrogen-bond donors (Lipinski definition) is 1. The highest BCUT2D eigenvalue weighted by atomic mass is 16.6. The molecule has 0 rings (SSSR count). The molecule has 88 valence electrons. The first-order valence-electron chi connectivity index (χ1n) is 5.05. The third-order valence-corrected chi connectivity index (χ3v) is 2.17. The molecule has 1 N–H and O–H groups in total. The van der Waals surface area contributed by atoms with E-state index in [1.807, 2.05) is 0 Å². The quantitative estimate of drug-likeness (QED) is 0.734. The summed E-state index contributed by atoms with van der Waals surface area (Å²) in [7, 11) is 0. The molecule has 1 unspecified atom stereocenters. The number of carbonyl (C=O) groups excluding carboxylic acids is 2. The number of aldehydes is 1. The van der Waals surface area contributed by atoms with Crippen LogP contribution in [0.3, 0.4) is 0 Å². The third kappa shape index (κ3) is 5.40. The normalized spacial score (nSPS) is 14.3.